The average Bonchev–Trinajstić information content (AvgIpc) is 3.24. The largest absolute Gasteiger partial charge is 0.337 e. The Labute approximate surface area is 154 Å². The maximum absolute atomic E-state index is 13.8. The lowest BCUT2D eigenvalue weighted by Gasteiger charge is -1.99. The van der Waals surface area contributed by atoms with E-state index in [2.05, 4.69) is 10.1 Å². The molecule has 2 aromatic heterocycles. The van der Waals surface area contributed by atoms with Crippen molar-refractivity contribution in [3.8, 4) is 11.4 Å². The number of aromatic nitrogens is 4. The van der Waals surface area contributed by atoms with Crippen LogP contribution in [0.15, 0.2) is 51.8 Å². The third-order valence-electron chi connectivity index (χ3n) is 4.56. The number of rotatable bonds is 5. The van der Waals surface area contributed by atoms with Gasteiger partial charge in [-0.25, -0.2) is 9.18 Å². The summed E-state index contributed by atoms with van der Waals surface area (Å²) in [6.07, 6.45) is 0.859. The van der Waals surface area contributed by atoms with Crippen molar-refractivity contribution in [2.45, 2.75) is 33.4 Å². The molecule has 0 spiro atoms. The molecule has 0 aliphatic carbocycles. The quantitative estimate of drug-likeness (QED) is 0.539. The lowest BCUT2D eigenvalue weighted by atomic mass is 10.1. The first-order valence-corrected chi connectivity index (χ1v) is 8.85. The molecule has 0 aliphatic rings. The van der Waals surface area contributed by atoms with Crippen molar-refractivity contribution in [3.05, 3.63) is 70.2 Å². The molecule has 0 N–H and O–H groups in total. The fourth-order valence-electron chi connectivity index (χ4n) is 3.17. The van der Waals surface area contributed by atoms with E-state index in [4.69, 9.17) is 4.52 Å². The Morgan fingerprint density at radius 1 is 1.11 bits per heavy atom. The molecule has 6 nitrogen and oxygen atoms in total. The van der Waals surface area contributed by atoms with Crippen molar-refractivity contribution in [2.75, 3.05) is 0 Å². The first-order valence-electron chi connectivity index (χ1n) is 8.85. The smallest absolute Gasteiger partial charge is 0.329 e. The predicted molar refractivity (Wildman–Crippen MR) is 100 cm³/mol. The Balaban J connectivity index is 1.71. The normalized spacial score (nSPS) is 11.4. The molecular weight excluding hydrogens is 347 g/mol. The number of hydrogen-bond acceptors (Lipinski definition) is 4. The molecule has 0 unspecified atom stereocenters. The number of aryl methyl sites for hydroxylation is 2. The highest BCUT2D eigenvalue weighted by Crippen LogP contribution is 2.20. The van der Waals surface area contributed by atoms with Crippen LogP contribution in [0.1, 0.15) is 24.8 Å². The molecule has 2 heterocycles. The molecule has 0 atom stereocenters. The molecule has 2 aromatic carbocycles. The van der Waals surface area contributed by atoms with Gasteiger partial charge in [0.2, 0.25) is 11.7 Å². The molecule has 0 bridgehead atoms. The number of imidazole rings is 1. The van der Waals surface area contributed by atoms with Gasteiger partial charge < -0.3 is 4.52 Å². The Kier molecular flexibility index (Phi) is 4.35. The predicted octanol–water partition coefficient (Wildman–Crippen LogP) is 3.76. The van der Waals surface area contributed by atoms with Crippen molar-refractivity contribution in [1.82, 2.24) is 19.3 Å². The van der Waals surface area contributed by atoms with Gasteiger partial charge in [0.15, 0.2) is 0 Å². The van der Waals surface area contributed by atoms with Gasteiger partial charge in [0.05, 0.1) is 11.0 Å². The third-order valence-corrected chi connectivity index (χ3v) is 4.56. The Hall–Kier alpha value is -3.22. The van der Waals surface area contributed by atoms with E-state index >= 15 is 0 Å². The van der Waals surface area contributed by atoms with Crippen LogP contribution in [-0.4, -0.2) is 19.3 Å². The lowest BCUT2D eigenvalue weighted by molar-refractivity contribution is 0.370. The molecule has 27 heavy (non-hydrogen) atoms. The molecule has 0 saturated carbocycles. The zero-order chi connectivity index (χ0) is 19.0. The second-order valence-corrected chi connectivity index (χ2v) is 6.48. The molecule has 138 valence electrons. The van der Waals surface area contributed by atoms with Crippen molar-refractivity contribution in [3.63, 3.8) is 0 Å². The number of benzene rings is 2. The van der Waals surface area contributed by atoms with Crippen LogP contribution in [0.3, 0.4) is 0 Å². The summed E-state index contributed by atoms with van der Waals surface area (Å²) in [4.78, 5) is 17.2. The highest BCUT2D eigenvalue weighted by Gasteiger charge is 2.16. The van der Waals surface area contributed by atoms with Crippen LogP contribution < -0.4 is 5.69 Å². The van der Waals surface area contributed by atoms with Crippen LogP contribution in [0.4, 0.5) is 4.39 Å². The Morgan fingerprint density at radius 2 is 1.85 bits per heavy atom. The van der Waals surface area contributed by atoms with E-state index in [1.807, 2.05) is 31.2 Å². The van der Waals surface area contributed by atoms with Gasteiger partial charge in [-0.05, 0) is 37.1 Å². The summed E-state index contributed by atoms with van der Waals surface area (Å²) in [6, 6.07) is 12.4. The number of hydrogen-bond donors (Lipinski definition) is 0. The zero-order valence-corrected chi connectivity index (χ0v) is 15.1. The maximum atomic E-state index is 13.8. The fraction of sp³-hybridized carbons (Fsp3) is 0.250. The van der Waals surface area contributed by atoms with Gasteiger partial charge in [-0.1, -0.05) is 36.3 Å². The van der Waals surface area contributed by atoms with Crippen molar-refractivity contribution in [1.29, 1.82) is 0 Å². The molecule has 7 heteroatoms. The van der Waals surface area contributed by atoms with E-state index < -0.39 is 0 Å². The van der Waals surface area contributed by atoms with Crippen molar-refractivity contribution >= 4 is 11.0 Å². The summed E-state index contributed by atoms with van der Waals surface area (Å²) in [5.41, 5.74) is 2.67. The van der Waals surface area contributed by atoms with E-state index in [0.717, 1.165) is 17.5 Å². The average molecular weight is 366 g/mol. The van der Waals surface area contributed by atoms with Gasteiger partial charge in [0, 0.05) is 12.1 Å². The number of halogens is 1. The summed E-state index contributed by atoms with van der Waals surface area (Å²) in [7, 11) is 0. The van der Waals surface area contributed by atoms with Gasteiger partial charge in [0.1, 0.15) is 12.4 Å². The van der Waals surface area contributed by atoms with Crippen LogP contribution in [0.2, 0.25) is 0 Å². The summed E-state index contributed by atoms with van der Waals surface area (Å²) < 4.78 is 22.5. The van der Waals surface area contributed by atoms with E-state index in [-0.39, 0.29) is 18.1 Å². The lowest BCUT2D eigenvalue weighted by Crippen LogP contribution is -2.24. The second kappa shape index (κ2) is 6.83. The van der Waals surface area contributed by atoms with Gasteiger partial charge in [-0.2, -0.15) is 4.98 Å². The minimum Gasteiger partial charge on any atom is -0.337 e. The molecule has 4 aromatic rings. The van der Waals surface area contributed by atoms with Crippen molar-refractivity contribution in [2.24, 2.45) is 0 Å². The highest BCUT2D eigenvalue weighted by atomic mass is 19.1. The highest BCUT2D eigenvalue weighted by molar-refractivity contribution is 5.76. The first kappa shape index (κ1) is 17.2. The van der Waals surface area contributed by atoms with E-state index in [0.29, 0.717) is 29.4 Å². The maximum Gasteiger partial charge on any atom is 0.329 e. The topological polar surface area (TPSA) is 65.8 Å². The SMILES string of the molecule is CCCn1c(=O)n(Cc2nc(-c3ccc(C)c(F)c3)no2)c2ccccc21. The Morgan fingerprint density at radius 3 is 2.56 bits per heavy atom. The standard InChI is InChI=1S/C20H19FN4O2/c1-3-10-24-16-6-4-5-7-17(16)25(20(24)26)12-18-22-19(23-27-18)14-9-8-13(2)15(21)11-14/h4-9,11H,3,10,12H2,1-2H3. The summed E-state index contributed by atoms with van der Waals surface area (Å²) in [5.74, 6) is 0.277. The number of nitrogens with zero attached hydrogens (tertiary/aromatic N) is 4. The van der Waals surface area contributed by atoms with Gasteiger partial charge >= 0.3 is 5.69 Å². The van der Waals surface area contributed by atoms with E-state index in [9.17, 15) is 9.18 Å². The third kappa shape index (κ3) is 3.05. The molecule has 0 radical (unpaired) electrons. The van der Waals surface area contributed by atoms with Crippen molar-refractivity contribution < 1.29 is 8.91 Å². The molecule has 0 aliphatic heterocycles. The molecule has 4 rings (SSSR count). The van der Waals surface area contributed by atoms with E-state index in [1.54, 1.807) is 28.2 Å². The fourth-order valence-corrected chi connectivity index (χ4v) is 3.17. The van der Waals surface area contributed by atoms with Crippen LogP contribution in [-0.2, 0) is 13.1 Å². The number of para-hydroxylation sites is 2. The first-order chi connectivity index (χ1) is 13.1. The van der Waals surface area contributed by atoms with Gasteiger partial charge in [-0.3, -0.25) is 9.13 Å². The minimum absolute atomic E-state index is 0.112. The summed E-state index contributed by atoms with van der Waals surface area (Å²) >= 11 is 0. The summed E-state index contributed by atoms with van der Waals surface area (Å²) in [6.45, 7) is 4.53. The molecule has 0 saturated heterocycles. The van der Waals surface area contributed by atoms with Crippen LogP contribution >= 0.6 is 0 Å². The van der Waals surface area contributed by atoms with Crippen LogP contribution in [0.5, 0.6) is 0 Å². The number of fused-ring (bicyclic) bond motifs is 1. The van der Waals surface area contributed by atoms with E-state index in [1.165, 1.54) is 6.07 Å². The van der Waals surface area contributed by atoms with Crippen LogP contribution in [0, 0.1) is 12.7 Å². The zero-order valence-electron chi connectivity index (χ0n) is 15.1. The molecule has 0 amide bonds. The van der Waals surface area contributed by atoms with Gasteiger partial charge in [-0.15, -0.1) is 0 Å². The monoisotopic (exact) mass is 366 g/mol. The molecule has 0 fully saturated rings. The minimum atomic E-state index is -0.322. The summed E-state index contributed by atoms with van der Waals surface area (Å²) in [5, 5.41) is 3.93. The van der Waals surface area contributed by atoms with Crippen LogP contribution in [0.25, 0.3) is 22.4 Å². The molecular formula is C20H19FN4O2. The second-order valence-electron chi connectivity index (χ2n) is 6.48. The van der Waals surface area contributed by atoms with Gasteiger partial charge in [0.25, 0.3) is 0 Å². The Bertz CT molecular complexity index is 1170.